The van der Waals surface area contributed by atoms with Crippen LogP contribution in [-0.4, -0.2) is 34.9 Å². The number of rotatable bonds is 9. The van der Waals surface area contributed by atoms with E-state index in [1.165, 1.54) is 16.9 Å². The van der Waals surface area contributed by atoms with Gasteiger partial charge in [-0.05, 0) is 101 Å². The van der Waals surface area contributed by atoms with E-state index < -0.39 is 12.0 Å². The largest absolute Gasteiger partial charge is 0.493 e. The van der Waals surface area contributed by atoms with Crippen LogP contribution in [0, 0.1) is 13.8 Å². The number of aromatic nitrogens is 2. The molecular formula is C35H39N3O5S. The molecule has 4 aromatic rings. The van der Waals surface area contributed by atoms with Gasteiger partial charge in [-0.15, -0.1) is 0 Å². The van der Waals surface area contributed by atoms with Crippen LogP contribution in [0.4, 0.5) is 0 Å². The van der Waals surface area contributed by atoms with Gasteiger partial charge in [0.25, 0.3) is 5.56 Å². The summed E-state index contributed by atoms with van der Waals surface area (Å²) in [7, 11) is 1.57. The predicted octanol–water partition coefficient (Wildman–Crippen LogP) is 5.56. The molecule has 0 saturated carbocycles. The molecule has 3 heterocycles. The van der Waals surface area contributed by atoms with Crippen LogP contribution in [0.3, 0.4) is 0 Å². The molecule has 2 aromatic heterocycles. The number of hydrogen-bond donors (Lipinski definition) is 0. The van der Waals surface area contributed by atoms with Crippen LogP contribution in [0.15, 0.2) is 69.6 Å². The number of nitrogens with zero attached hydrogens (tertiary/aromatic N) is 3. The Morgan fingerprint density at radius 3 is 2.41 bits per heavy atom. The molecular weight excluding hydrogens is 574 g/mol. The standard InChI is InChI=1S/C35H39N3O5S/c1-9-24-11-14-27(15-12-24)37-21(5)17-26(23(37)7)19-30-33(39)38-32(25-13-16-28(43-20(3)4)29(18-25)41-8)31(34(40)42-10-2)22(6)36-35(38)44-30/h11-20,32H,9-10H2,1-8H3/b30-19-/t32-/m0/s1. The Morgan fingerprint density at radius 1 is 1.05 bits per heavy atom. The van der Waals surface area contributed by atoms with Crippen LogP contribution < -0.4 is 24.4 Å². The lowest BCUT2D eigenvalue weighted by molar-refractivity contribution is -0.139. The molecule has 0 fully saturated rings. The van der Waals surface area contributed by atoms with E-state index in [-0.39, 0.29) is 18.3 Å². The molecule has 230 valence electrons. The average molecular weight is 614 g/mol. The first kappa shape index (κ1) is 31.1. The number of aryl methyl sites for hydroxylation is 2. The minimum Gasteiger partial charge on any atom is -0.493 e. The van der Waals surface area contributed by atoms with Crippen LogP contribution in [0.5, 0.6) is 11.5 Å². The van der Waals surface area contributed by atoms with Crippen molar-refractivity contribution < 1.29 is 19.0 Å². The Balaban J connectivity index is 1.67. The number of esters is 1. The van der Waals surface area contributed by atoms with Gasteiger partial charge in [-0.2, -0.15) is 0 Å². The van der Waals surface area contributed by atoms with Gasteiger partial charge in [-0.25, -0.2) is 9.79 Å². The van der Waals surface area contributed by atoms with E-state index in [9.17, 15) is 9.59 Å². The summed E-state index contributed by atoms with van der Waals surface area (Å²) in [4.78, 5) is 32.7. The normalized spacial score (nSPS) is 14.9. The van der Waals surface area contributed by atoms with E-state index in [4.69, 9.17) is 19.2 Å². The maximum absolute atomic E-state index is 14.2. The lowest BCUT2D eigenvalue weighted by Gasteiger charge is -2.25. The van der Waals surface area contributed by atoms with E-state index >= 15 is 0 Å². The van der Waals surface area contributed by atoms with Crippen molar-refractivity contribution >= 4 is 23.4 Å². The summed E-state index contributed by atoms with van der Waals surface area (Å²) in [6.45, 7) is 13.9. The van der Waals surface area contributed by atoms with Crippen LogP contribution in [-0.2, 0) is 16.0 Å². The first-order chi connectivity index (χ1) is 21.1. The molecule has 0 N–H and O–H groups in total. The molecule has 1 aliphatic rings. The summed E-state index contributed by atoms with van der Waals surface area (Å²) in [5.41, 5.74) is 6.69. The first-order valence-electron chi connectivity index (χ1n) is 14.9. The van der Waals surface area contributed by atoms with Crippen molar-refractivity contribution in [2.24, 2.45) is 4.99 Å². The fourth-order valence-corrected chi connectivity index (χ4v) is 6.70. The maximum Gasteiger partial charge on any atom is 0.338 e. The second-order valence-corrected chi connectivity index (χ2v) is 12.1. The molecule has 9 heteroatoms. The predicted molar refractivity (Wildman–Crippen MR) is 174 cm³/mol. The monoisotopic (exact) mass is 613 g/mol. The molecule has 0 amide bonds. The third-order valence-electron chi connectivity index (χ3n) is 7.74. The number of carbonyl (C=O) groups excluding carboxylic acids is 1. The number of ether oxygens (including phenoxy) is 3. The van der Waals surface area contributed by atoms with Crippen molar-refractivity contribution in [1.82, 2.24) is 9.13 Å². The number of hydrogen-bond acceptors (Lipinski definition) is 7. The van der Waals surface area contributed by atoms with Gasteiger partial charge in [0.05, 0.1) is 41.7 Å². The molecule has 0 radical (unpaired) electrons. The van der Waals surface area contributed by atoms with E-state index in [0.29, 0.717) is 37.7 Å². The maximum atomic E-state index is 14.2. The van der Waals surface area contributed by atoms with E-state index in [1.54, 1.807) is 25.5 Å². The van der Waals surface area contributed by atoms with E-state index in [1.807, 2.05) is 38.1 Å². The van der Waals surface area contributed by atoms with Crippen LogP contribution in [0.25, 0.3) is 11.8 Å². The zero-order valence-corrected chi connectivity index (χ0v) is 27.4. The van der Waals surface area contributed by atoms with Gasteiger partial charge in [0, 0.05) is 17.1 Å². The quantitative estimate of drug-likeness (QED) is 0.231. The smallest absolute Gasteiger partial charge is 0.338 e. The topological polar surface area (TPSA) is 84.1 Å². The fraction of sp³-hybridized carbons (Fsp3) is 0.343. The highest BCUT2D eigenvalue weighted by Gasteiger charge is 2.34. The summed E-state index contributed by atoms with van der Waals surface area (Å²) in [5.74, 6) is 0.583. The molecule has 1 aliphatic heterocycles. The Morgan fingerprint density at radius 2 is 1.77 bits per heavy atom. The van der Waals surface area contributed by atoms with Crippen LogP contribution in [0.1, 0.15) is 68.7 Å². The van der Waals surface area contributed by atoms with E-state index in [2.05, 4.69) is 55.7 Å². The SMILES string of the molecule is CCOC(=O)C1=C(C)N=c2s/c(=C\c3cc(C)n(-c4ccc(CC)cc4)c3C)c(=O)n2[C@H]1c1ccc(OC(C)C)c(OC)c1. The first-order valence-corrected chi connectivity index (χ1v) is 15.7. The molecule has 0 aliphatic carbocycles. The van der Waals surface area contributed by atoms with Gasteiger partial charge in [-0.3, -0.25) is 9.36 Å². The second kappa shape index (κ2) is 12.7. The Hall–Kier alpha value is -4.37. The van der Waals surface area contributed by atoms with Crippen molar-refractivity contribution in [3.63, 3.8) is 0 Å². The van der Waals surface area contributed by atoms with Gasteiger partial charge in [0.1, 0.15) is 0 Å². The molecule has 1 atom stereocenters. The van der Waals surface area contributed by atoms with Gasteiger partial charge in [-0.1, -0.05) is 36.5 Å². The van der Waals surface area contributed by atoms with Gasteiger partial charge < -0.3 is 18.8 Å². The molecule has 8 nitrogen and oxygen atoms in total. The summed E-state index contributed by atoms with van der Waals surface area (Å²) in [6, 6.07) is 15.4. The molecule has 0 bridgehead atoms. The Kier molecular flexibility index (Phi) is 8.97. The van der Waals surface area contributed by atoms with Gasteiger partial charge in [0.2, 0.25) is 0 Å². The zero-order chi connectivity index (χ0) is 31.7. The highest BCUT2D eigenvalue weighted by molar-refractivity contribution is 7.07. The average Bonchev–Trinajstić information content (AvgIpc) is 3.45. The third-order valence-corrected chi connectivity index (χ3v) is 8.73. The molecule has 0 unspecified atom stereocenters. The number of benzene rings is 2. The van der Waals surface area contributed by atoms with Crippen molar-refractivity contribution in [3.05, 3.63) is 108 Å². The minimum absolute atomic E-state index is 0.0534. The summed E-state index contributed by atoms with van der Waals surface area (Å²) in [5, 5.41) is 0. The summed E-state index contributed by atoms with van der Waals surface area (Å²) in [6.07, 6.45) is 2.85. The van der Waals surface area contributed by atoms with Gasteiger partial charge in [0.15, 0.2) is 16.3 Å². The van der Waals surface area contributed by atoms with Crippen molar-refractivity contribution in [3.8, 4) is 17.2 Å². The molecule has 2 aromatic carbocycles. The Bertz CT molecular complexity index is 1930. The number of thiazole rings is 1. The molecule has 5 rings (SSSR count). The number of carbonyl (C=O) groups is 1. The zero-order valence-electron chi connectivity index (χ0n) is 26.6. The molecule has 0 spiro atoms. The molecule has 0 saturated heterocycles. The molecule has 44 heavy (non-hydrogen) atoms. The number of fused-ring (bicyclic) bond motifs is 1. The highest BCUT2D eigenvalue weighted by Crippen LogP contribution is 2.36. The number of allylic oxidation sites excluding steroid dienone is 1. The summed E-state index contributed by atoms with van der Waals surface area (Å²) < 4.78 is 21.3. The fourth-order valence-electron chi connectivity index (χ4n) is 5.67. The number of methoxy groups -OCH3 is 1. The lowest BCUT2D eigenvalue weighted by Crippen LogP contribution is -2.40. The van der Waals surface area contributed by atoms with Crippen molar-refractivity contribution in [1.29, 1.82) is 0 Å². The minimum atomic E-state index is -0.751. The highest BCUT2D eigenvalue weighted by atomic mass is 32.1. The van der Waals surface area contributed by atoms with Crippen LogP contribution >= 0.6 is 11.3 Å². The van der Waals surface area contributed by atoms with Crippen molar-refractivity contribution in [2.75, 3.05) is 13.7 Å². The second-order valence-electron chi connectivity index (χ2n) is 11.1. The third kappa shape index (κ3) is 5.76. The van der Waals surface area contributed by atoms with Gasteiger partial charge >= 0.3 is 5.97 Å². The van der Waals surface area contributed by atoms with Crippen molar-refractivity contribution in [2.45, 2.75) is 67.0 Å². The van der Waals surface area contributed by atoms with Crippen LogP contribution in [0.2, 0.25) is 0 Å². The Labute approximate surface area is 261 Å². The summed E-state index contributed by atoms with van der Waals surface area (Å²) >= 11 is 1.31. The van der Waals surface area contributed by atoms with E-state index in [0.717, 1.165) is 29.1 Å². The lowest BCUT2D eigenvalue weighted by atomic mass is 9.95.